The third-order valence-electron chi connectivity index (χ3n) is 6.25. The molecule has 1 atom stereocenters. The van der Waals surface area contributed by atoms with Crippen molar-refractivity contribution in [2.45, 2.75) is 38.6 Å². The normalized spacial score (nSPS) is 16.3. The summed E-state index contributed by atoms with van der Waals surface area (Å²) in [5, 5.41) is 3.48. The number of carbonyl (C=O) groups is 2. The molecule has 0 fully saturated rings. The fourth-order valence-electron chi connectivity index (χ4n) is 4.51. The van der Waals surface area contributed by atoms with Crippen molar-refractivity contribution in [3.05, 3.63) is 81.7 Å². The highest BCUT2D eigenvalue weighted by molar-refractivity contribution is 7.17. The van der Waals surface area contributed by atoms with Crippen LogP contribution in [-0.2, 0) is 22.4 Å². The molecule has 34 heavy (non-hydrogen) atoms. The molecule has 3 aromatic rings. The summed E-state index contributed by atoms with van der Waals surface area (Å²) in [6, 6.07) is 10.8. The number of rotatable bonds is 4. The van der Waals surface area contributed by atoms with Crippen LogP contribution >= 0.6 is 11.3 Å². The first kappa shape index (κ1) is 22.4. The molecule has 1 aliphatic heterocycles. The number of aryl methyl sites for hydroxylation is 1. The Balaban J connectivity index is 1.56. The molecular formula is C26H23F2N3O2S. The molecule has 2 aliphatic rings. The first-order valence-electron chi connectivity index (χ1n) is 11.3. The van der Waals surface area contributed by atoms with E-state index in [1.165, 1.54) is 63.1 Å². The van der Waals surface area contributed by atoms with Crippen LogP contribution in [0.15, 0.2) is 53.5 Å². The van der Waals surface area contributed by atoms with E-state index in [0.717, 1.165) is 36.8 Å². The van der Waals surface area contributed by atoms with Crippen molar-refractivity contribution in [3.8, 4) is 0 Å². The van der Waals surface area contributed by atoms with Gasteiger partial charge < -0.3 is 5.32 Å². The van der Waals surface area contributed by atoms with Gasteiger partial charge in [-0.05, 0) is 86.7 Å². The monoisotopic (exact) mass is 479 g/mol. The number of amides is 2. The predicted molar refractivity (Wildman–Crippen MR) is 130 cm³/mol. The fourth-order valence-corrected chi connectivity index (χ4v) is 6.00. The number of benzene rings is 2. The number of fused-ring (bicyclic) bond motifs is 3. The number of aliphatic imine (C=N–C) groups is 1. The van der Waals surface area contributed by atoms with Gasteiger partial charge >= 0.3 is 0 Å². The second-order valence-electron chi connectivity index (χ2n) is 8.50. The number of nitrogens with one attached hydrogen (secondary N) is 1. The average molecular weight is 480 g/mol. The lowest BCUT2D eigenvalue weighted by Gasteiger charge is -2.27. The average Bonchev–Trinajstić information content (AvgIpc) is 3.13. The molecule has 0 spiro atoms. The molecule has 5 nitrogen and oxygen atoms in total. The van der Waals surface area contributed by atoms with Crippen LogP contribution in [0.2, 0.25) is 0 Å². The standard InChI is InChI=1S/C26H23F2N3O2S/c1-15(25(33)30-19-12-10-18(28)11-13-19)31-22(32)14-29-24(16-6-8-17(27)9-7-16)23-20-4-2-3-5-21(20)34-26(23)31/h6-13,15H,2-5,14H2,1H3,(H,30,33)/t15-/m1/s1. The second kappa shape index (κ2) is 9.10. The summed E-state index contributed by atoms with van der Waals surface area (Å²) < 4.78 is 26.8. The van der Waals surface area contributed by atoms with E-state index in [-0.39, 0.29) is 24.2 Å². The van der Waals surface area contributed by atoms with Crippen molar-refractivity contribution < 1.29 is 18.4 Å². The van der Waals surface area contributed by atoms with Crippen LogP contribution in [0.25, 0.3) is 0 Å². The summed E-state index contributed by atoms with van der Waals surface area (Å²) in [7, 11) is 0. The molecule has 174 valence electrons. The van der Waals surface area contributed by atoms with Crippen LogP contribution in [0.4, 0.5) is 19.5 Å². The molecule has 0 saturated carbocycles. The van der Waals surface area contributed by atoms with E-state index in [2.05, 4.69) is 10.3 Å². The van der Waals surface area contributed by atoms with Gasteiger partial charge in [-0.3, -0.25) is 19.5 Å². The molecule has 1 aromatic heterocycles. The Kier molecular flexibility index (Phi) is 6.00. The van der Waals surface area contributed by atoms with Gasteiger partial charge in [0.2, 0.25) is 11.8 Å². The molecule has 2 amide bonds. The maximum Gasteiger partial charge on any atom is 0.250 e. The van der Waals surface area contributed by atoms with Crippen molar-refractivity contribution >= 4 is 39.6 Å². The summed E-state index contributed by atoms with van der Waals surface area (Å²) in [4.78, 5) is 33.8. The number of carbonyl (C=O) groups excluding carboxylic acids is 2. The highest BCUT2D eigenvalue weighted by atomic mass is 32.1. The quantitative estimate of drug-likeness (QED) is 0.565. The van der Waals surface area contributed by atoms with E-state index in [9.17, 15) is 18.4 Å². The Hall–Kier alpha value is -3.39. The smallest absolute Gasteiger partial charge is 0.250 e. The summed E-state index contributed by atoms with van der Waals surface area (Å²) in [6.45, 7) is 1.57. The number of anilines is 2. The molecule has 1 aliphatic carbocycles. The van der Waals surface area contributed by atoms with E-state index in [4.69, 9.17) is 0 Å². The predicted octanol–water partition coefficient (Wildman–Crippen LogP) is 5.12. The van der Waals surface area contributed by atoms with Gasteiger partial charge in [-0.1, -0.05) is 0 Å². The van der Waals surface area contributed by atoms with Gasteiger partial charge in [0.1, 0.15) is 29.2 Å². The largest absolute Gasteiger partial charge is 0.324 e. The molecule has 8 heteroatoms. The van der Waals surface area contributed by atoms with Crippen molar-refractivity contribution in [2.75, 3.05) is 16.8 Å². The number of nitrogens with zero attached hydrogens (tertiary/aromatic N) is 2. The second-order valence-corrected chi connectivity index (χ2v) is 9.58. The molecule has 0 bridgehead atoms. The van der Waals surface area contributed by atoms with Crippen molar-refractivity contribution in [1.29, 1.82) is 0 Å². The zero-order valence-electron chi connectivity index (χ0n) is 18.6. The zero-order valence-corrected chi connectivity index (χ0v) is 19.4. The van der Waals surface area contributed by atoms with Crippen LogP contribution < -0.4 is 10.2 Å². The van der Waals surface area contributed by atoms with Crippen LogP contribution in [0.1, 0.15) is 41.3 Å². The molecule has 0 radical (unpaired) electrons. The van der Waals surface area contributed by atoms with Crippen molar-refractivity contribution in [2.24, 2.45) is 4.99 Å². The van der Waals surface area contributed by atoms with Crippen LogP contribution in [0.5, 0.6) is 0 Å². The van der Waals surface area contributed by atoms with Crippen LogP contribution in [0.3, 0.4) is 0 Å². The Morgan fingerprint density at radius 1 is 1.03 bits per heavy atom. The van der Waals surface area contributed by atoms with Gasteiger partial charge in [0.25, 0.3) is 0 Å². The molecule has 5 rings (SSSR count). The van der Waals surface area contributed by atoms with Crippen molar-refractivity contribution in [1.82, 2.24) is 0 Å². The third kappa shape index (κ3) is 4.14. The summed E-state index contributed by atoms with van der Waals surface area (Å²) in [5.74, 6) is -1.39. The van der Waals surface area contributed by atoms with E-state index in [0.29, 0.717) is 16.4 Å². The number of hydrogen-bond acceptors (Lipinski definition) is 4. The van der Waals surface area contributed by atoms with Crippen molar-refractivity contribution in [3.63, 3.8) is 0 Å². The molecule has 0 saturated heterocycles. The molecule has 0 unspecified atom stereocenters. The number of hydrogen-bond donors (Lipinski definition) is 1. The van der Waals surface area contributed by atoms with E-state index in [1.54, 1.807) is 19.1 Å². The maximum absolute atomic E-state index is 13.6. The summed E-state index contributed by atoms with van der Waals surface area (Å²) >= 11 is 1.54. The fraction of sp³-hybridized carbons (Fsp3) is 0.269. The number of halogens is 2. The van der Waals surface area contributed by atoms with Crippen LogP contribution in [-0.4, -0.2) is 30.1 Å². The highest BCUT2D eigenvalue weighted by Gasteiger charge is 2.36. The lowest BCUT2D eigenvalue weighted by Crippen LogP contribution is -2.46. The van der Waals surface area contributed by atoms with Gasteiger partial charge in [-0.25, -0.2) is 8.78 Å². The lowest BCUT2D eigenvalue weighted by molar-refractivity contribution is -0.122. The summed E-state index contributed by atoms with van der Waals surface area (Å²) in [5.41, 5.74) is 3.90. The molecule has 2 aromatic carbocycles. The lowest BCUT2D eigenvalue weighted by atomic mass is 9.91. The van der Waals surface area contributed by atoms with Gasteiger partial charge in [-0.2, -0.15) is 0 Å². The highest BCUT2D eigenvalue weighted by Crippen LogP contribution is 2.43. The van der Waals surface area contributed by atoms with Gasteiger partial charge in [0.05, 0.1) is 5.71 Å². The molecule has 2 heterocycles. The van der Waals surface area contributed by atoms with Gasteiger partial charge in [-0.15, -0.1) is 11.3 Å². The molecular weight excluding hydrogens is 456 g/mol. The number of thiophene rings is 1. The topological polar surface area (TPSA) is 61.8 Å². The minimum absolute atomic E-state index is 0.114. The van der Waals surface area contributed by atoms with E-state index >= 15 is 0 Å². The van der Waals surface area contributed by atoms with Gasteiger partial charge in [0, 0.05) is 21.7 Å². The maximum atomic E-state index is 13.6. The van der Waals surface area contributed by atoms with E-state index in [1.807, 2.05) is 0 Å². The first-order valence-corrected chi connectivity index (χ1v) is 12.1. The Bertz CT molecular complexity index is 1280. The third-order valence-corrected chi connectivity index (χ3v) is 7.54. The first-order chi connectivity index (χ1) is 16.4. The summed E-state index contributed by atoms with van der Waals surface area (Å²) in [6.07, 6.45) is 3.91. The zero-order chi connectivity index (χ0) is 23.8. The SMILES string of the molecule is C[C@H](C(=O)Nc1ccc(F)cc1)N1C(=O)CN=C(c2ccc(F)cc2)c2c1sc1c2CCCC1. The Morgan fingerprint density at radius 3 is 2.38 bits per heavy atom. The minimum atomic E-state index is -0.806. The van der Waals surface area contributed by atoms with E-state index < -0.39 is 11.9 Å². The Labute approximate surface area is 200 Å². The molecule has 1 N–H and O–H groups in total. The van der Waals surface area contributed by atoms with Gasteiger partial charge in [0.15, 0.2) is 0 Å². The minimum Gasteiger partial charge on any atom is -0.324 e. The Morgan fingerprint density at radius 2 is 1.68 bits per heavy atom. The van der Waals surface area contributed by atoms with Crippen LogP contribution in [0, 0.1) is 11.6 Å².